The van der Waals surface area contributed by atoms with Gasteiger partial charge in [-0.05, 0) is 12.1 Å². The highest BCUT2D eigenvalue weighted by atomic mass is 16.6. The van der Waals surface area contributed by atoms with E-state index < -0.39 is 0 Å². The average Bonchev–Trinajstić information content (AvgIpc) is 2.83. The summed E-state index contributed by atoms with van der Waals surface area (Å²) in [7, 11) is 0. The van der Waals surface area contributed by atoms with Crippen molar-refractivity contribution in [2.24, 2.45) is 0 Å². The van der Waals surface area contributed by atoms with E-state index in [0.29, 0.717) is 23.4 Å². The van der Waals surface area contributed by atoms with Gasteiger partial charge in [0.1, 0.15) is 5.76 Å². The molecule has 2 aromatic heterocycles. The Balaban J connectivity index is 1.94. The van der Waals surface area contributed by atoms with Gasteiger partial charge in [0.25, 0.3) is 11.8 Å². The monoisotopic (exact) mass is 223 g/mol. The summed E-state index contributed by atoms with van der Waals surface area (Å²) in [5, 5.41) is 7.51. The van der Waals surface area contributed by atoms with Crippen LogP contribution >= 0.6 is 0 Å². The minimum atomic E-state index is 0.200. The molecule has 0 amide bonds. The predicted octanol–water partition coefficient (Wildman–Crippen LogP) is 2.07. The molecule has 0 N–H and O–H groups in total. The van der Waals surface area contributed by atoms with E-state index in [2.05, 4.69) is 15.3 Å². The van der Waals surface area contributed by atoms with Crippen LogP contribution in [0.25, 0.3) is 0 Å². The molecule has 2 aromatic rings. The van der Waals surface area contributed by atoms with Crippen molar-refractivity contribution in [1.82, 2.24) is 15.3 Å². The second-order valence-corrected chi connectivity index (χ2v) is 3.77. The molecule has 0 bridgehead atoms. The van der Waals surface area contributed by atoms with Crippen molar-refractivity contribution in [3.63, 3.8) is 0 Å². The number of ether oxygens (including phenoxy) is 1. The summed E-state index contributed by atoms with van der Waals surface area (Å²) in [4.78, 5) is 4.17. The van der Waals surface area contributed by atoms with Crippen molar-refractivity contribution in [1.29, 1.82) is 0 Å². The molecule has 0 radical (unpaired) electrons. The zero-order valence-electron chi connectivity index (χ0n) is 9.43. The maximum Gasteiger partial charge on any atom is 0.264 e. The summed E-state index contributed by atoms with van der Waals surface area (Å²) in [6.07, 6.45) is 0. The molecular formula is C10H13N3O3. The van der Waals surface area contributed by atoms with Crippen LogP contribution in [-0.4, -0.2) is 15.3 Å². The third-order valence-electron chi connectivity index (χ3n) is 1.95. The fourth-order valence-corrected chi connectivity index (χ4v) is 1.11. The van der Waals surface area contributed by atoms with E-state index in [9.17, 15) is 0 Å². The minimum absolute atomic E-state index is 0.200. The molecule has 16 heavy (non-hydrogen) atoms. The zero-order valence-corrected chi connectivity index (χ0v) is 9.43. The smallest absolute Gasteiger partial charge is 0.264 e. The van der Waals surface area contributed by atoms with Crippen LogP contribution in [0.5, 0.6) is 5.88 Å². The quantitative estimate of drug-likeness (QED) is 0.789. The van der Waals surface area contributed by atoms with Gasteiger partial charge in [0.2, 0.25) is 0 Å². The normalized spacial score (nSPS) is 11.0. The lowest BCUT2D eigenvalue weighted by Crippen LogP contribution is -1.96. The van der Waals surface area contributed by atoms with E-state index in [1.165, 1.54) is 0 Å². The molecular weight excluding hydrogens is 210 g/mol. The lowest BCUT2D eigenvalue weighted by Gasteiger charge is -1.95. The van der Waals surface area contributed by atoms with Crippen LogP contribution in [0.1, 0.15) is 37.2 Å². The molecule has 2 rings (SSSR count). The van der Waals surface area contributed by atoms with Crippen molar-refractivity contribution in [3.05, 3.63) is 23.5 Å². The molecule has 0 saturated carbocycles. The Kier molecular flexibility index (Phi) is 2.89. The number of hydrogen-bond donors (Lipinski definition) is 0. The van der Waals surface area contributed by atoms with Gasteiger partial charge in [0.15, 0.2) is 12.4 Å². The average molecular weight is 223 g/mol. The van der Waals surface area contributed by atoms with Crippen LogP contribution in [0.4, 0.5) is 0 Å². The van der Waals surface area contributed by atoms with Crippen LogP contribution in [0.2, 0.25) is 0 Å². The second kappa shape index (κ2) is 4.34. The fourth-order valence-electron chi connectivity index (χ4n) is 1.11. The molecule has 0 spiro atoms. The van der Waals surface area contributed by atoms with Crippen molar-refractivity contribution in [2.75, 3.05) is 0 Å². The van der Waals surface area contributed by atoms with Gasteiger partial charge in [0, 0.05) is 12.0 Å². The summed E-state index contributed by atoms with van der Waals surface area (Å²) < 4.78 is 15.2. The highest BCUT2D eigenvalue weighted by molar-refractivity contribution is 5.09. The molecule has 2 heterocycles. The Bertz CT molecular complexity index is 461. The first-order valence-corrected chi connectivity index (χ1v) is 5.03. The number of rotatable bonds is 4. The maximum atomic E-state index is 5.30. The first-order chi connectivity index (χ1) is 7.65. The van der Waals surface area contributed by atoms with Crippen LogP contribution in [0.15, 0.2) is 15.1 Å². The summed E-state index contributed by atoms with van der Waals surface area (Å²) in [5.74, 6) is 2.47. The van der Waals surface area contributed by atoms with Gasteiger partial charge in [-0.2, -0.15) is 4.98 Å². The fraction of sp³-hybridized carbons (Fsp3) is 0.500. The van der Waals surface area contributed by atoms with Gasteiger partial charge in [-0.1, -0.05) is 19.0 Å². The van der Waals surface area contributed by atoms with Crippen molar-refractivity contribution < 1.29 is 13.8 Å². The van der Waals surface area contributed by atoms with Gasteiger partial charge in [-0.15, -0.1) is 0 Å². The molecule has 0 aliphatic carbocycles. The Hall–Kier alpha value is -1.85. The van der Waals surface area contributed by atoms with Gasteiger partial charge >= 0.3 is 0 Å². The van der Waals surface area contributed by atoms with E-state index >= 15 is 0 Å². The molecule has 86 valence electrons. The summed E-state index contributed by atoms with van der Waals surface area (Å²) >= 11 is 0. The van der Waals surface area contributed by atoms with Crippen LogP contribution in [0, 0.1) is 6.92 Å². The van der Waals surface area contributed by atoms with E-state index in [4.69, 9.17) is 13.8 Å². The third-order valence-corrected chi connectivity index (χ3v) is 1.95. The molecule has 0 aliphatic heterocycles. The zero-order chi connectivity index (χ0) is 11.5. The Morgan fingerprint density at radius 1 is 1.31 bits per heavy atom. The maximum absolute atomic E-state index is 5.30. The molecule has 0 aliphatic rings. The van der Waals surface area contributed by atoms with E-state index in [1.807, 2.05) is 13.8 Å². The molecule has 0 unspecified atom stereocenters. The van der Waals surface area contributed by atoms with Crippen LogP contribution in [-0.2, 0) is 6.61 Å². The number of hydrogen-bond acceptors (Lipinski definition) is 6. The number of aromatic nitrogens is 3. The highest BCUT2D eigenvalue weighted by Gasteiger charge is 2.10. The Labute approximate surface area is 92.6 Å². The van der Waals surface area contributed by atoms with Crippen LogP contribution < -0.4 is 4.74 Å². The highest BCUT2D eigenvalue weighted by Crippen LogP contribution is 2.13. The topological polar surface area (TPSA) is 74.2 Å². The first-order valence-electron chi connectivity index (χ1n) is 5.03. The lowest BCUT2D eigenvalue weighted by molar-refractivity contribution is 0.222. The Morgan fingerprint density at radius 3 is 2.69 bits per heavy atom. The summed E-state index contributed by atoms with van der Waals surface area (Å²) in [5.41, 5.74) is 0. The van der Waals surface area contributed by atoms with E-state index in [0.717, 1.165) is 0 Å². The van der Waals surface area contributed by atoms with Gasteiger partial charge in [-0.3, -0.25) is 0 Å². The predicted molar refractivity (Wildman–Crippen MR) is 54.0 cm³/mol. The molecule has 6 nitrogen and oxygen atoms in total. The van der Waals surface area contributed by atoms with E-state index in [-0.39, 0.29) is 12.5 Å². The Morgan fingerprint density at radius 2 is 2.12 bits per heavy atom. The summed E-state index contributed by atoms with van der Waals surface area (Å²) in [6.45, 7) is 5.99. The van der Waals surface area contributed by atoms with E-state index in [1.54, 1.807) is 13.0 Å². The molecule has 0 atom stereocenters. The summed E-state index contributed by atoms with van der Waals surface area (Å²) in [6, 6.07) is 1.69. The number of nitrogens with zero attached hydrogens (tertiary/aromatic N) is 3. The molecule has 0 saturated heterocycles. The van der Waals surface area contributed by atoms with Crippen molar-refractivity contribution in [2.45, 2.75) is 33.3 Å². The standard InChI is InChI=1S/C10H13N3O3/c1-6(2)10-11-9(16-13-10)5-14-8-4-7(3)15-12-8/h4,6H,5H2,1-3H3. The molecule has 0 fully saturated rings. The third kappa shape index (κ3) is 2.39. The molecule has 6 heteroatoms. The first kappa shape index (κ1) is 10.7. The number of aryl methyl sites for hydroxylation is 1. The lowest BCUT2D eigenvalue weighted by atomic mass is 10.2. The largest absolute Gasteiger partial charge is 0.465 e. The van der Waals surface area contributed by atoms with Gasteiger partial charge in [0.05, 0.1) is 0 Å². The van der Waals surface area contributed by atoms with Crippen molar-refractivity contribution in [3.8, 4) is 5.88 Å². The van der Waals surface area contributed by atoms with Crippen LogP contribution in [0.3, 0.4) is 0 Å². The SMILES string of the molecule is Cc1cc(OCc2nc(C(C)C)no2)no1. The van der Waals surface area contributed by atoms with Crippen molar-refractivity contribution >= 4 is 0 Å². The minimum Gasteiger partial charge on any atom is -0.465 e. The van der Waals surface area contributed by atoms with Gasteiger partial charge in [-0.25, -0.2) is 0 Å². The van der Waals surface area contributed by atoms with Gasteiger partial charge < -0.3 is 13.8 Å². The second-order valence-electron chi connectivity index (χ2n) is 3.77. The molecule has 0 aromatic carbocycles.